The maximum Gasteiger partial charge on any atom is 0.350 e. The van der Waals surface area contributed by atoms with Crippen LogP contribution in [0.15, 0.2) is 9.82 Å². The average molecular weight is 213 g/mol. The lowest BCUT2D eigenvalue weighted by Gasteiger charge is -2.06. The summed E-state index contributed by atoms with van der Waals surface area (Å²) in [7, 11) is 0. The molecule has 0 fully saturated rings. The van der Waals surface area contributed by atoms with Gasteiger partial charge < -0.3 is 10.8 Å². The maximum absolute atomic E-state index is 11.3. The summed E-state index contributed by atoms with van der Waals surface area (Å²) in [6.45, 7) is 0.492. The Morgan fingerprint density at radius 3 is 3.00 bits per heavy atom. The van der Waals surface area contributed by atoms with E-state index in [0.717, 1.165) is 0 Å². The monoisotopic (exact) mass is 213 g/mol. The van der Waals surface area contributed by atoms with Gasteiger partial charge in [-0.25, -0.2) is 9.59 Å². The molecule has 7 heteroatoms. The van der Waals surface area contributed by atoms with Gasteiger partial charge in [-0.2, -0.15) is 4.98 Å². The van der Waals surface area contributed by atoms with Gasteiger partial charge in [0.25, 0.3) is 0 Å². The number of carboxylic acid groups (broad SMARTS) is 1. The lowest BCUT2D eigenvalue weighted by Crippen LogP contribution is -2.26. The Hall–Kier alpha value is -1.50. The van der Waals surface area contributed by atoms with Gasteiger partial charge >= 0.3 is 11.7 Å². The van der Waals surface area contributed by atoms with E-state index in [1.807, 2.05) is 0 Å². The average Bonchev–Trinajstić information content (AvgIpc) is 2.51. The van der Waals surface area contributed by atoms with E-state index in [1.165, 1.54) is 16.3 Å². The number of carbonyl (C=O) groups is 1. The van der Waals surface area contributed by atoms with E-state index < -0.39 is 11.7 Å². The molecule has 2 rings (SSSR count). The Labute approximate surface area is 82.7 Å². The molecule has 1 aliphatic heterocycles. The van der Waals surface area contributed by atoms with E-state index >= 15 is 0 Å². The zero-order valence-electron chi connectivity index (χ0n) is 7.06. The molecule has 0 aliphatic carbocycles. The number of thioether (sulfide) groups is 1. The molecule has 1 aromatic heterocycles. The quantitative estimate of drug-likeness (QED) is 0.617. The first-order chi connectivity index (χ1) is 6.61. The molecule has 0 aromatic carbocycles. The van der Waals surface area contributed by atoms with Gasteiger partial charge in [-0.1, -0.05) is 0 Å². The van der Waals surface area contributed by atoms with E-state index in [1.54, 1.807) is 0 Å². The molecule has 1 aromatic rings. The molecule has 3 N–H and O–H groups in total. The first-order valence-electron chi connectivity index (χ1n) is 3.87. The first-order valence-corrected chi connectivity index (χ1v) is 4.86. The summed E-state index contributed by atoms with van der Waals surface area (Å²) >= 11 is 1.31. The number of carboxylic acids is 1. The molecule has 0 amide bonds. The van der Waals surface area contributed by atoms with Gasteiger partial charge in [0, 0.05) is 12.3 Å². The predicted octanol–water partition coefficient (Wildman–Crippen LogP) is -0.371. The Bertz CT molecular complexity index is 468. The van der Waals surface area contributed by atoms with Crippen LogP contribution >= 0.6 is 11.8 Å². The summed E-state index contributed by atoms with van der Waals surface area (Å²) in [5, 5.41) is 9.28. The van der Waals surface area contributed by atoms with Crippen LogP contribution in [-0.2, 0) is 6.54 Å². The largest absolute Gasteiger partial charge is 0.477 e. The number of nitrogens with zero attached hydrogens (tertiary/aromatic N) is 2. The smallest absolute Gasteiger partial charge is 0.350 e. The standard InChI is InChI=1S/C7H7N3O3S/c8-4-3(6(11)12)5-10(1-2-14-5)7(13)9-4/h1-2H2,(H,11,12)(H2,8,9,13). The molecule has 1 aliphatic rings. The Kier molecular flexibility index (Phi) is 1.95. The number of anilines is 1. The molecule has 0 saturated heterocycles. The van der Waals surface area contributed by atoms with Gasteiger partial charge in [-0.05, 0) is 0 Å². The third kappa shape index (κ3) is 1.17. The lowest BCUT2D eigenvalue weighted by atomic mass is 10.3. The molecule has 0 spiro atoms. The predicted molar refractivity (Wildman–Crippen MR) is 50.6 cm³/mol. The molecular formula is C7H7N3O3S. The van der Waals surface area contributed by atoms with Crippen molar-refractivity contribution < 1.29 is 9.90 Å². The summed E-state index contributed by atoms with van der Waals surface area (Å²) in [5.41, 5.74) is 4.83. The van der Waals surface area contributed by atoms with Crippen LogP contribution < -0.4 is 11.4 Å². The molecule has 0 bridgehead atoms. The normalized spacial score (nSPS) is 14.0. The second-order valence-corrected chi connectivity index (χ2v) is 3.85. The van der Waals surface area contributed by atoms with E-state index in [-0.39, 0.29) is 11.4 Å². The molecule has 6 nitrogen and oxygen atoms in total. The summed E-state index contributed by atoms with van der Waals surface area (Å²) < 4.78 is 1.34. The van der Waals surface area contributed by atoms with E-state index in [9.17, 15) is 9.59 Å². The Morgan fingerprint density at radius 2 is 2.36 bits per heavy atom. The fraction of sp³-hybridized carbons (Fsp3) is 0.286. The van der Waals surface area contributed by atoms with Gasteiger partial charge in [-0.3, -0.25) is 4.57 Å². The molecule has 0 atom stereocenters. The zero-order chi connectivity index (χ0) is 10.3. The number of fused-ring (bicyclic) bond motifs is 1. The number of nitrogen functional groups attached to an aromatic ring is 1. The van der Waals surface area contributed by atoms with Gasteiger partial charge in [0.1, 0.15) is 11.4 Å². The van der Waals surface area contributed by atoms with Crippen molar-refractivity contribution in [3.63, 3.8) is 0 Å². The van der Waals surface area contributed by atoms with Crippen molar-refractivity contribution in [1.82, 2.24) is 9.55 Å². The number of nitrogens with two attached hydrogens (primary N) is 1. The Balaban J connectivity index is 2.78. The topological polar surface area (TPSA) is 98.2 Å². The number of hydrogen-bond donors (Lipinski definition) is 2. The van der Waals surface area contributed by atoms with Crippen LogP contribution in [0.25, 0.3) is 0 Å². The van der Waals surface area contributed by atoms with Crippen LogP contribution in [0, 0.1) is 0 Å². The van der Waals surface area contributed by atoms with Crippen molar-refractivity contribution in [2.45, 2.75) is 11.6 Å². The van der Waals surface area contributed by atoms with Crippen molar-refractivity contribution >= 4 is 23.5 Å². The third-order valence-corrected chi connectivity index (χ3v) is 3.01. The minimum atomic E-state index is -1.15. The van der Waals surface area contributed by atoms with Gasteiger partial charge in [-0.15, -0.1) is 11.8 Å². The molecule has 2 heterocycles. The molecular weight excluding hydrogens is 206 g/mol. The minimum Gasteiger partial charge on any atom is -0.477 e. The highest BCUT2D eigenvalue weighted by atomic mass is 32.2. The van der Waals surface area contributed by atoms with Crippen molar-refractivity contribution in [1.29, 1.82) is 0 Å². The van der Waals surface area contributed by atoms with Crippen LogP contribution in [0.5, 0.6) is 0 Å². The number of hydrogen-bond acceptors (Lipinski definition) is 5. The SMILES string of the molecule is Nc1nc(=O)n2c(c1C(=O)O)SCC2. The molecule has 0 saturated carbocycles. The number of rotatable bonds is 1. The fourth-order valence-corrected chi connectivity index (χ4v) is 2.46. The fourth-order valence-electron chi connectivity index (χ4n) is 1.33. The van der Waals surface area contributed by atoms with E-state index in [2.05, 4.69) is 4.98 Å². The second kappa shape index (κ2) is 3.02. The highest BCUT2D eigenvalue weighted by molar-refractivity contribution is 7.99. The van der Waals surface area contributed by atoms with Gasteiger partial charge in [0.05, 0.1) is 5.03 Å². The number of aromatic carboxylic acids is 1. The first kappa shape index (κ1) is 9.07. The van der Waals surface area contributed by atoms with Crippen LogP contribution in [0.2, 0.25) is 0 Å². The third-order valence-electron chi connectivity index (χ3n) is 1.93. The van der Waals surface area contributed by atoms with E-state index in [4.69, 9.17) is 10.8 Å². The summed E-state index contributed by atoms with van der Waals surface area (Å²) in [6.07, 6.45) is 0. The van der Waals surface area contributed by atoms with Gasteiger partial charge in [0.15, 0.2) is 0 Å². The van der Waals surface area contributed by atoms with Gasteiger partial charge in [0.2, 0.25) is 0 Å². The highest BCUT2D eigenvalue weighted by Crippen LogP contribution is 2.29. The summed E-state index contributed by atoms with van der Waals surface area (Å²) in [5.74, 6) is -0.669. The lowest BCUT2D eigenvalue weighted by molar-refractivity contribution is 0.0692. The van der Waals surface area contributed by atoms with Crippen molar-refractivity contribution in [2.24, 2.45) is 0 Å². The minimum absolute atomic E-state index is 0.0629. The zero-order valence-corrected chi connectivity index (χ0v) is 7.87. The maximum atomic E-state index is 11.3. The highest BCUT2D eigenvalue weighted by Gasteiger charge is 2.24. The second-order valence-electron chi connectivity index (χ2n) is 2.77. The molecule has 14 heavy (non-hydrogen) atoms. The van der Waals surface area contributed by atoms with Crippen LogP contribution in [0.4, 0.5) is 5.82 Å². The van der Waals surface area contributed by atoms with Crippen LogP contribution in [0.1, 0.15) is 10.4 Å². The van der Waals surface area contributed by atoms with Crippen molar-refractivity contribution in [3.8, 4) is 0 Å². The number of aromatic nitrogens is 2. The molecule has 0 radical (unpaired) electrons. The molecule has 74 valence electrons. The van der Waals surface area contributed by atoms with Crippen molar-refractivity contribution in [2.75, 3.05) is 11.5 Å². The Morgan fingerprint density at radius 1 is 1.64 bits per heavy atom. The van der Waals surface area contributed by atoms with E-state index in [0.29, 0.717) is 17.3 Å². The molecule has 0 unspecified atom stereocenters. The summed E-state index contributed by atoms with van der Waals surface area (Å²) in [4.78, 5) is 25.6. The van der Waals surface area contributed by atoms with Crippen LogP contribution in [0.3, 0.4) is 0 Å². The van der Waals surface area contributed by atoms with Crippen LogP contribution in [-0.4, -0.2) is 26.4 Å². The van der Waals surface area contributed by atoms with Crippen molar-refractivity contribution in [3.05, 3.63) is 16.0 Å². The summed E-state index contributed by atoms with van der Waals surface area (Å²) in [6, 6.07) is 0.